The molecule has 4 fully saturated rings. The van der Waals surface area contributed by atoms with Crippen LogP contribution in [-0.4, -0.2) is 80.8 Å². The van der Waals surface area contributed by atoms with E-state index >= 15 is 0 Å². The Morgan fingerprint density at radius 3 is 1.68 bits per heavy atom. The first-order chi connectivity index (χ1) is 28.1. The van der Waals surface area contributed by atoms with E-state index in [9.17, 15) is 19.2 Å². The number of hydrogen-bond acceptors (Lipinski definition) is 12. The molecule has 4 saturated carbocycles. The Hall–Kier alpha value is -5.10. The van der Waals surface area contributed by atoms with Crippen LogP contribution in [0.3, 0.4) is 0 Å². The Morgan fingerprint density at radius 2 is 1.17 bits per heavy atom. The number of benzene rings is 1. The van der Waals surface area contributed by atoms with Crippen molar-refractivity contribution in [2.24, 2.45) is 23.2 Å². The Kier molecular flexibility index (Phi) is 15.1. The molecule has 8 unspecified atom stereocenters. The van der Waals surface area contributed by atoms with Gasteiger partial charge in [-0.05, 0) is 118 Å². The molecule has 0 amide bonds. The van der Waals surface area contributed by atoms with Gasteiger partial charge >= 0.3 is 23.9 Å². The molecule has 6 rings (SSSR count). The maximum atomic E-state index is 11.9. The van der Waals surface area contributed by atoms with Gasteiger partial charge in [-0.15, -0.1) is 0 Å². The number of allylic oxidation sites excluding steroid dienone is 2. The van der Waals surface area contributed by atoms with Gasteiger partial charge in [-0.3, -0.25) is 0 Å². The zero-order chi connectivity index (χ0) is 42.9. The largest absolute Gasteiger partial charge is 0.491 e. The van der Waals surface area contributed by atoms with E-state index in [1.165, 1.54) is 0 Å². The highest BCUT2D eigenvalue weighted by molar-refractivity contribution is 5.82. The van der Waals surface area contributed by atoms with E-state index in [1.54, 1.807) is 13.8 Å². The second-order valence-electron chi connectivity index (χ2n) is 16.7. The van der Waals surface area contributed by atoms with Crippen LogP contribution in [0, 0.1) is 23.2 Å². The van der Waals surface area contributed by atoms with Gasteiger partial charge in [0.2, 0.25) is 0 Å². The Labute approximate surface area is 348 Å². The third kappa shape index (κ3) is 11.6. The normalized spacial score (nSPS) is 27.3. The molecule has 0 aromatic heterocycles. The number of ether oxygens (including phenoxy) is 8. The minimum Gasteiger partial charge on any atom is -0.491 e. The zero-order valence-corrected chi connectivity index (χ0v) is 35.1. The predicted molar refractivity (Wildman–Crippen MR) is 220 cm³/mol. The molecule has 1 aromatic rings. The van der Waals surface area contributed by atoms with Crippen LogP contribution in [0.1, 0.15) is 78.7 Å². The summed E-state index contributed by atoms with van der Waals surface area (Å²) in [5.41, 5.74) is 1.84. The number of carbonyl (C=O) groups excluding carboxylic acids is 4. The predicted octanol–water partition coefficient (Wildman–Crippen LogP) is 7.61. The monoisotopic (exact) mass is 816 g/mol. The third-order valence-corrected chi connectivity index (χ3v) is 11.7. The van der Waals surface area contributed by atoms with Crippen molar-refractivity contribution in [1.29, 1.82) is 0 Å². The zero-order valence-electron chi connectivity index (χ0n) is 35.1. The molecule has 1 aromatic carbocycles. The minimum absolute atomic E-state index is 0.0551. The Balaban J connectivity index is 1.49. The highest BCUT2D eigenvalue weighted by Crippen LogP contribution is 2.68. The van der Waals surface area contributed by atoms with Crippen molar-refractivity contribution in [3.63, 3.8) is 0 Å². The third-order valence-electron chi connectivity index (χ3n) is 11.7. The van der Waals surface area contributed by atoms with Gasteiger partial charge in [-0.25, -0.2) is 19.2 Å². The molecule has 5 aliphatic carbocycles. The molecular weight excluding hydrogens is 757 g/mol. The van der Waals surface area contributed by atoms with Crippen LogP contribution in [0.25, 0.3) is 0 Å². The van der Waals surface area contributed by atoms with E-state index in [1.807, 2.05) is 26.8 Å². The average Bonchev–Trinajstić information content (AvgIpc) is 3.20. The van der Waals surface area contributed by atoms with Gasteiger partial charge in [0.25, 0.3) is 0 Å². The first-order valence-corrected chi connectivity index (χ1v) is 20.5. The molecule has 12 heteroatoms. The van der Waals surface area contributed by atoms with Crippen molar-refractivity contribution in [2.45, 2.75) is 109 Å². The molecule has 8 atom stereocenters. The molecule has 0 aliphatic heterocycles. The van der Waals surface area contributed by atoms with Crippen molar-refractivity contribution >= 4 is 23.9 Å². The van der Waals surface area contributed by atoms with Crippen LogP contribution in [0.2, 0.25) is 0 Å². The summed E-state index contributed by atoms with van der Waals surface area (Å²) < 4.78 is 47.0. The lowest BCUT2D eigenvalue weighted by Gasteiger charge is -2.63. The molecule has 0 heterocycles. The van der Waals surface area contributed by atoms with Crippen molar-refractivity contribution < 1.29 is 57.1 Å². The average molecular weight is 817 g/mol. The van der Waals surface area contributed by atoms with Gasteiger partial charge in [0.1, 0.15) is 62.0 Å². The molecule has 0 saturated heterocycles. The van der Waals surface area contributed by atoms with Crippen molar-refractivity contribution in [1.82, 2.24) is 0 Å². The SMILES string of the molecule is C=CC(=O)OCC(C)OC1=CC(C23CC4CC(C2)CC(c2cc(OCC(C)OC(=O)C=C)cc(OCC(C)OC(=O)C=C)c2)(C4)C3)=CC(OC(C)COC(=O)C=C)C1C. The summed E-state index contributed by atoms with van der Waals surface area (Å²) in [6.07, 6.45) is 12.7. The van der Waals surface area contributed by atoms with Gasteiger partial charge in [-0.1, -0.05) is 39.3 Å². The Bertz CT molecular complexity index is 1760. The Morgan fingerprint density at radius 1 is 0.678 bits per heavy atom. The van der Waals surface area contributed by atoms with E-state index in [-0.39, 0.29) is 49.3 Å². The van der Waals surface area contributed by atoms with E-state index in [0.717, 1.165) is 79.7 Å². The van der Waals surface area contributed by atoms with Crippen LogP contribution in [0.4, 0.5) is 0 Å². The summed E-state index contributed by atoms with van der Waals surface area (Å²) in [6, 6.07) is 5.98. The van der Waals surface area contributed by atoms with Crippen molar-refractivity contribution in [2.75, 3.05) is 26.4 Å². The van der Waals surface area contributed by atoms with Gasteiger partial charge in [0.15, 0.2) is 0 Å². The quantitative estimate of drug-likeness (QED) is 0.0646. The van der Waals surface area contributed by atoms with Crippen LogP contribution in [0.5, 0.6) is 11.5 Å². The smallest absolute Gasteiger partial charge is 0.330 e. The summed E-state index contributed by atoms with van der Waals surface area (Å²) in [7, 11) is 0. The van der Waals surface area contributed by atoms with Crippen LogP contribution < -0.4 is 9.47 Å². The van der Waals surface area contributed by atoms with Gasteiger partial charge in [0.05, 0.1) is 12.2 Å². The molecule has 12 nitrogen and oxygen atoms in total. The fourth-order valence-electron chi connectivity index (χ4n) is 9.51. The van der Waals surface area contributed by atoms with Crippen molar-refractivity contribution in [3.05, 3.63) is 97.9 Å². The number of carbonyl (C=O) groups is 4. The van der Waals surface area contributed by atoms with Gasteiger partial charge in [0, 0.05) is 36.3 Å². The lowest BCUT2D eigenvalue weighted by atomic mass is 9.41. The molecule has 59 heavy (non-hydrogen) atoms. The van der Waals surface area contributed by atoms with E-state index in [0.29, 0.717) is 23.3 Å². The standard InChI is InChI=1S/C47H60O12/c1-10-42(48)54-26-29(5)56-40-17-37(18-41(33(40)9)57-30(6)27-55-43(49)11-2)47-22-34-14-35(23-47)21-46(20-34,28-47)36-15-38(52-24-31(7)58-44(50)12-3)19-39(16-36)53-25-32(8)59-45(51)13-4/h10-13,15-19,29-35,40H,1-4,14,20-28H2,5-9H3. The second kappa shape index (κ2) is 19.8. The second-order valence-corrected chi connectivity index (χ2v) is 16.7. The maximum absolute atomic E-state index is 11.9. The summed E-state index contributed by atoms with van der Waals surface area (Å²) in [6.45, 7) is 23.6. The first-order valence-electron chi connectivity index (χ1n) is 20.5. The van der Waals surface area contributed by atoms with E-state index in [4.69, 9.17) is 37.9 Å². The number of esters is 4. The fraction of sp³-hybridized carbons (Fsp3) is 0.532. The molecule has 320 valence electrons. The molecular formula is C47H60O12. The summed E-state index contributed by atoms with van der Waals surface area (Å²) in [5.74, 6) is 0.537. The summed E-state index contributed by atoms with van der Waals surface area (Å²) in [4.78, 5) is 47.5. The van der Waals surface area contributed by atoms with Gasteiger partial charge in [-0.2, -0.15) is 0 Å². The van der Waals surface area contributed by atoms with Gasteiger partial charge < -0.3 is 37.9 Å². The first kappa shape index (κ1) is 45.0. The molecule has 0 radical (unpaired) electrons. The molecule has 4 bridgehead atoms. The molecule has 0 spiro atoms. The minimum atomic E-state index is -0.529. The lowest BCUT2D eigenvalue weighted by molar-refractivity contribution is -0.144. The van der Waals surface area contributed by atoms with E-state index < -0.39 is 48.3 Å². The molecule has 0 N–H and O–H groups in total. The summed E-state index contributed by atoms with van der Waals surface area (Å²) in [5, 5.41) is 0. The van der Waals surface area contributed by atoms with Crippen LogP contribution in [-0.2, 0) is 53.0 Å². The van der Waals surface area contributed by atoms with Crippen LogP contribution >= 0.6 is 0 Å². The highest BCUT2D eigenvalue weighted by Gasteiger charge is 2.59. The fourth-order valence-corrected chi connectivity index (χ4v) is 9.51. The lowest BCUT2D eigenvalue weighted by Crippen LogP contribution is -2.55. The summed E-state index contributed by atoms with van der Waals surface area (Å²) >= 11 is 0. The topological polar surface area (TPSA) is 142 Å². The van der Waals surface area contributed by atoms with E-state index in [2.05, 4.69) is 50.6 Å². The maximum Gasteiger partial charge on any atom is 0.330 e. The van der Waals surface area contributed by atoms with Crippen molar-refractivity contribution in [3.8, 4) is 11.5 Å². The number of hydrogen-bond donors (Lipinski definition) is 0. The number of rotatable bonds is 22. The van der Waals surface area contributed by atoms with Crippen LogP contribution in [0.15, 0.2) is 92.3 Å². The molecule has 5 aliphatic rings. The highest BCUT2D eigenvalue weighted by atomic mass is 16.6.